The van der Waals surface area contributed by atoms with Gasteiger partial charge in [-0.1, -0.05) is 27.7 Å². The van der Waals surface area contributed by atoms with E-state index < -0.39 is 5.66 Å². The molecule has 1 aliphatic rings. The molecule has 1 unspecified atom stereocenters. The van der Waals surface area contributed by atoms with Crippen LogP contribution in [-0.2, 0) is 0 Å². The first-order valence-electron chi connectivity index (χ1n) is 4.75. The van der Waals surface area contributed by atoms with Gasteiger partial charge in [0.2, 0.25) is 0 Å². The van der Waals surface area contributed by atoms with Gasteiger partial charge < -0.3 is 5.73 Å². The average molecular weight is 181 g/mol. The highest BCUT2D eigenvalue weighted by atomic mass is 15.3. The summed E-state index contributed by atoms with van der Waals surface area (Å²) in [5.74, 6) is 0. The fraction of sp³-hybridized carbons (Fsp3) is 0.800. The predicted octanol–water partition coefficient (Wildman–Crippen LogP) is 2.84. The summed E-state index contributed by atoms with van der Waals surface area (Å²) in [5.41, 5.74) is 7.71. The molecule has 3 heteroatoms. The molecule has 2 N–H and O–H groups in total. The van der Waals surface area contributed by atoms with Gasteiger partial charge in [-0.3, -0.25) is 0 Å². The predicted molar refractivity (Wildman–Crippen MR) is 54.2 cm³/mol. The van der Waals surface area contributed by atoms with E-state index in [0.29, 0.717) is 0 Å². The minimum atomic E-state index is -0.599. The first kappa shape index (κ1) is 10.4. The van der Waals surface area contributed by atoms with Crippen molar-refractivity contribution in [3.63, 3.8) is 0 Å². The molecule has 0 spiro atoms. The zero-order chi connectivity index (χ0) is 10.3. The highest BCUT2D eigenvalue weighted by molar-refractivity contribution is 5.29. The summed E-state index contributed by atoms with van der Waals surface area (Å²) >= 11 is 0. The van der Waals surface area contributed by atoms with Gasteiger partial charge in [0.1, 0.15) is 0 Å². The van der Waals surface area contributed by atoms with Gasteiger partial charge in [0.05, 0.1) is 5.70 Å². The van der Waals surface area contributed by atoms with E-state index in [1.165, 1.54) is 0 Å². The molecule has 0 aromatic heterocycles. The molecular formula is C10H19N3. The number of nitrogens with zero attached hydrogens (tertiary/aromatic N) is 2. The first-order valence-corrected chi connectivity index (χ1v) is 4.75. The van der Waals surface area contributed by atoms with Crippen molar-refractivity contribution in [1.82, 2.24) is 0 Å². The van der Waals surface area contributed by atoms with Gasteiger partial charge >= 0.3 is 0 Å². The van der Waals surface area contributed by atoms with Crippen molar-refractivity contribution >= 4 is 0 Å². The summed E-state index contributed by atoms with van der Waals surface area (Å²) < 4.78 is 0. The Bertz CT molecular complexity index is 270. The number of hydrogen-bond acceptors (Lipinski definition) is 3. The van der Waals surface area contributed by atoms with E-state index in [-0.39, 0.29) is 5.41 Å². The lowest BCUT2D eigenvalue weighted by atomic mass is 9.77. The summed E-state index contributed by atoms with van der Waals surface area (Å²) in [5, 5.41) is 8.34. The van der Waals surface area contributed by atoms with Crippen LogP contribution in [0.5, 0.6) is 0 Å². The fourth-order valence-corrected chi connectivity index (χ4v) is 1.56. The van der Waals surface area contributed by atoms with E-state index in [9.17, 15) is 0 Å². The SMILES string of the molecule is CCC1=C(C)C(N)(C(C)(C)C)N=N1. The largest absolute Gasteiger partial charge is 0.302 e. The quantitative estimate of drug-likeness (QED) is 0.664. The molecule has 74 valence electrons. The molecule has 1 aliphatic heterocycles. The summed E-state index contributed by atoms with van der Waals surface area (Å²) in [6.07, 6.45) is 0.907. The Morgan fingerprint density at radius 2 is 1.92 bits per heavy atom. The van der Waals surface area contributed by atoms with E-state index in [0.717, 1.165) is 17.7 Å². The molecule has 0 saturated carbocycles. The van der Waals surface area contributed by atoms with Gasteiger partial charge in [0.15, 0.2) is 5.66 Å². The van der Waals surface area contributed by atoms with Crippen LogP contribution >= 0.6 is 0 Å². The van der Waals surface area contributed by atoms with Crippen LogP contribution in [0.4, 0.5) is 0 Å². The average Bonchev–Trinajstić information content (AvgIpc) is 2.29. The molecule has 0 bridgehead atoms. The Morgan fingerprint density at radius 1 is 1.38 bits per heavy atom. The van der Waals surface area contributed by atoms with Crippen LogP contribution in [-0.4, -0.2) is 5.66 Å². The van der Waals surface area contributed by atoms with Gasteiger partial charge in [-0.25, -0.2) is 0 Å². The summed E-state index contributed by atoms with van der Waals surface area (Å²) in [7, 11) is 0. The standard InChI is InChI=1S/C10H19N3/c1-6-8-7(2)10(11,13-12-8)9(3,4)5/h6,11H2,1-5H3. The highest BCUT2D eigenvalue weighted by Crippen LogP contribution is 2.41. The van der Waals surface area contributed by atoms with Crippen molar-refractivity contribution in [2.75, 3.05) is 0 Å². The monoisotopic (exact) mass is 181 g/mol. The van der Waals surface area contributed by atoms with E-state index >= 15 is 0 Å². The van der Waals surface area contributed by atoms with Crippen LogP contribution < -0.4 is 5.73 Å². The normalized spacial score (nSPS) is 28.8. The second-order valence-electron chi connectivity index (χ2n) is 4.64. The van der Waals surface area contributed by atoms with E-state index in [2.05, 4.69) is 37.9 Å². The highest BCUT2D eigenvalue weighted by Gasteiger charge is 2.44. The third-order valence-electron chi connectivity index (χ3n) is 2.81. The zero-order valence-corrected chi connectivity index (χ0v) is 9.18. The second-order valence-corrected chi connectivity index (χ2v) is 4.64. The van der Waals surface area contributed by atoms with Gasteiger partial charge in [-0.2, -0.15) is 10.2 Å². The van der Waals surface area contributed by atoms with Crippen LogP contribution in [0.2, 0.25) is 0 Å². The van der Waals surface area contributed by atoms with Gasteiger partial charge in [0.25, 0.3) is 0 Å². The Balaban J connectivity index is 3.12. The Hall–Kier alpha value is -0.700. The lowest BCUT2D eigenvalue weighted by Crippen LogP contribution is -2.49. The zero-order valence-electron chi connectivity index (χ0n) is 9.18. The van der Waals surface area contributed by atoms with Crippen LogP contribution in [0.25, 0.3) is 0 Å². The summed E-state index contributed by atoms with van der Waals surface area (Å²) in [6, 6.07) is 0. The molecule has 0 fully saturated rings. The molecule has 1 heterocycles. The molecule has 0 aliphatic carbocycles. The van der Waals surface area contributed by atoms with Crippen LogP contribution in [0, 0.1) is 5.41 Å². The summed E-state index contributed by atoms with van der Waals surface area (Å²) in [6.45, 7) is 10.4. The van der Waals surface area contributed by atoms with Crippen molar-refractivity contribution in [3.8, 4) is 0 Å². The molecule has 0 aromatic rings. The Morgan fingerprint density at radius 3 is 2.15 bits per heavy atom. The smallest absolute Gasteiger partial charge is 0.157 e. The maximum absolute atomic E-state index is 6.23. The van der Waals surface area contributed by atoms with Crippen molar-refractivity contribution in [1.29, 1.82) is 0 Å². The number of nitrogens with two attached hydrogens (primary N) is 1. The first-order chi connectivity index (χ1) is 5.83. The minimum Gasteiger partial charge on any atom is -0.302 e. The number of rotatable bonds is 1. The molecule has 1 rings (SSSR count). The second kappa shape index (κ2) is 2.91. The molecular weight excluding hydrogens is 162 g/mol. The lowest BCUT2D eigenvalue weighted by molar-refractivity contribution is 0.235. The molecule has 1 atom stereocenters. The third kappa shape index (κ3) is 1.41. The number of allylic oxidation sites excluding steroid dienone is 1. The minimum absolute atomic E-state index is 0.0719. The topological polar surface area (TPSA) is 50.7 Å². The van der Waals surface area contributed by atoms with E-state index in [1.54, 1.807) is 0 Å². The summed E-state index contributed by atoms with van der Waals surface area (Å²) in [4.78, 5) is 0. The fourth-order valence-electron chi connectivity index (χ4n) is 1.56. The number of azo groups is 1. The molecule has 0 saturated heterocycles. The molecule has 3 nitrogen and oxygen atoms in total. The molecule has 0 aromatic carbocycles. The number of hydrogen-bond donors (Lipinski definition) is 1. The maximum Gasteiger partial charge on any atom is 0.157 e. The maximum atomic E-state index is 6.23. The molecule has 0 radical (unpaired) electrons. The Kier molecular flexibility index (Phi) is 2.32. The van der Waals surface area contributed by atoms with Gasteiger partial charge in [-0.15, -0.1) is 0 Å². The van der Waals surface area contributed by atoms with Crippen molar-refractivity contribution in [3.05, 3.63) is 11.3 Å². The van der Waals surface area contributed by atoms with Crippen molar-refractivity contribution in [2.24, 2.45) is 21.4 Å². The van der Waals surface area contributed by atoms with Crippen molar-refractivity contribution in [2.45, 2.75) is 46.7 Å². The van der Waals surface area contributed by atoms with E-state index in [4.69, 9.17) is 5.73 Å². The molecule has 0 amide bonds. The Labute approximate surface area is 80.1 Å². The van der Waals surface area contributed by atoms with Crippen LogP contribution in [0.1, 0.15) is 41.0 Å². The van der Waals surface area contributed by atoms with E-state index in [1.807, 2.05) is 6.92 Å². The van der Waals surface area contributed by atoms with Crippen molar-refractivity contribution < 1.29 is 0 Å². The van der Waals surface area contributed by atoms with Gasteiger partial charge in [0, 0.05) is 5.41 Å². The third-order valence-corrected chi connectivity index (χ3v) is 2.81. The van der Waals surface area contributed by atoms with Gasteiger partial charge in [-0.05, 0) is 18.9 Å². The lowest BCUT2D eigenvalue weighted by Gasteiger charge is -2.35. The van der Waals surface area contributed by atoms with Crippen LogP contribution in [0.3, 0.4) is 0 Å². The molecule has 13 heavy (non-hydrogen) atoms. The van der Waals surface area contributed by atoms with Crippen LogP contribution in [0.15, 0.2) is 21.5 Å².